The molecular weight excluding hydrogens is 344 g/mol. The van der Waals surface area contributed by atoms with Gasteiger partial charge in [0.05, 0.1) is 18.8 Å². The summed E-state index contributed by atoms with van der Waals surface area (Å²) in [5, 5.41) is 0. The molecule has 0 atom stereocenters. The first-order valence-corrected chi connectivity index (χ1v) is 9.98. The van der Waals surface area contributed by atoms with E-state index < -0.39 is 5.60 Å². The van der Waals surface area contributed by atoms with Gasteiger partial charge in [-0.1, -0.05) is 13.3 Å². The highest BCUT2D eigenvalue weighted by Gasteiger charge is 2.30. The Morgan fingerprint density at radius 1 is 1.04 bits per heavy atom. The van der Waals surface area contributed by atoms with Gasteiger partial charge in [-0.3, -0.25) is 4.90 Å². The van der Waals surface area contributed by atoms with E-state index in [0.717, 1.165) is 38.0 Å². The lowest BCUT2D eigenvalue weighted by atomic mass is 10.1. The Morgan fingerprint density at radius 3 is 2.22 bits per heavy atom. The molecule has 152 valence electrons. The Bertz CT molecular complexity index is 679. The van der Waals surface area contributed by atoms with Gasteiger partial charge in [0.25, 0.3) is 0 Å². The van der Waals surface area contributed by atoms with Crippen molar-refractivity contribution in [1.82, 2.24) is 9.47 Å². The molecule has 6 nitrogen and oxygen atoms in total. The molecule has 1 aromatic rings. The number of ether oxygens (including phenoxy) is 2. The normalized spacial score (nSPS) is 15.6. The predicted molar refractivity (Wildman–Crippen MR) is 105 cm³/mol. The van der Waals surface area contributed by atoms with Crippen molar-refractivity contribution in [1.29, 1.82) is 0 Å². The Balaban J connectivity index is 2.42. The minimum Gasteiger partial charge on any atom is -0.461 e. The van der Waals surface area contributed by atoms with Crippen LogP contribution in [0.1, 0.15) is 85.5 Å². The third kappa shape index (κ3) is 5.34. The SMILES string of the molecule is CCCOC(=O)c1c(C)c(C(=O)OC(C)(C)C)c(C)n1CN1CCCCC1. The molecule has 0 radical (unpaired) electrons. The Hall–Kier alpha value is -1.82. The van der Waals surface area contributed by atoms with E-state index in [0.29, 0.717) is 30.1 Å². The summed E-state index contributed by atoms with van der Waals surface area (Å²) < 4.78 is 12.9. The molecule has 1 aromatic heterocycles. The van der Waals surface area contributed by atoms with Crippen molar-refractivity contribution in [3.8, 4) is 0 Å². The van der Waals surface area contributed by atoms with Crippen LogP contribution in [0.4, 0.5) is 0 Å². The van der Waals surface area contributed by atoms with Crippen LogP contribution in [-0.2, 0) is 16.1 Å². The summed E-state index contributed by atoms with van der Waals surface area (Å²) >= 11 is 0. The molecule has 0 spiro atoms. The van der Waals surface area contributed by atoms with Gasteiger partial charge in [-0.25, -0.2) is 9.59 Å². The fourth-order valence-corrected chi connectivity index (χ4v) is 3.53. The van der Waals surface area contributed by atoms with Crippen LogP contribution in [0.15, 0.2) is 0 Å². The van der Waals surface area contributed by atoms with Crippen LogP contribution in [0.2, 0.25) is 0 Å². The highest BCUT2D eigenvalue weighted by atomic mass is 16.6. The zero-order valence-corrected chi connectivity index (χ0v) is 17.7. The number of esters is 2. The highest BCUT2D eigenvalue weighted by molar-refractivity contribution is 5.99. The quantitative estimate of drug-likeness (QED) is 0.698. The van der Waals surface area contributed by atoms with Gasteiger partial charge in [0.15, 0.2) is 0 Å². The number of carbonyl (C=O) groups is 2. The van der Waals surface area contributed by atoms with Gasteiger partial charge < -0.3 is 14.0 Å². The highest BCUT2D eigenvalue weighted by Crippen LogP contribution is 2.27. The lowest BCUT2D eigenvalue weighted by Gasteiger charge is -2.28. The molecule has 0 aromatic carbocycles. The van der Waals surface area contributed by atoms with E-state index >= 15 is 0 Å². The zero-order chi connectivity index (χ0) is 20.2. The number of carbonyl (C=O) groups excluding carboxylic acids is 2. The molecule has 0 amide bonds. The first-order valence-electron chi connectivity index (χ1n) is 9.98. The maximum Gasteiger partial charge on any atom is 0.355 e. The van der Waals surface area contributed by atoms with Gasteiger partial charge in [-0.15, -0.1) is 0 Å². The summed E-state index contributed by atoms with van der Waals surface area (Å²) in [6, 6.07) is 0. The molecule has 0 aliphatic carbocycles. The van der Waals surface area contributed by atoms with Crippen LogP contribution in [0.25, 0.3) is 0 Å². The van der Waals surface area contributed by atoms with E-state index in [1.165, 1.54) is 6.42 Å². The fraction of sp³-hybridized carbons (Fsp3) is 0.714. The van der Waals surface area contributed by atoms with Crippen LogP contribution >= 0.6 is 0 Å². The topological polar surface area (TPSA) is 60.8 Å². The van der Waals surface area contributed by atoms with Crippen LogP contribution < -0.4 is 0 Å². The van der Waals surface area contributed by atoms with Crippen molar-refractivity contribution in [3.05, 3.63) is 22.5 Å². The lowest BCUT2D eigenvalue weighted by molar-refractivity contribution is 0.00676. The minimum absolute atomic E-state index is 0.369. The molecule has 1 fully saturated rings. The molecule has 2 rings (SSSR count). The number of rotatable bonds is 6. The minimum atomic E-state index is -0.589. The molecule has 1 aliphatic heterocycles. The molecule has 2 heterocycles. The number of likely N-dealkylation sites (tertiary alicyclic amines) is 1. The molecule has 6 heteroatoms. The molecular formula is C21H34N2O4. The van der Waals surface area contributed by atoms with E-state index in [2.05, 4.69) is 4.90 Å². The summed E-state index contributed by atoms with van der Waals surface area (Å²) in [4.78, 5) is 27.9. The summed E-state index contributed by atoms with van der Waals surface area (Å²) in [7, 11) is 0. The maximum absolute atomic E-state index is 12.8. The van der Waals surface area contributed by atoms with Crippen molar-refractivity contribution < 1.29 is 19.1 Å². The Kier molecular flexibility index (Phi) is 7.09. The van der Waals surface area contributed by atoms with E-state index in [-0.39, 0.29) is 11.9 Å². The van der Waals surface area contributed by atoms with E-state index in [9.17, 15) is 9.59 Å². The van der Waals surface area contributed by atoms with Gasteiger partial charge in [0.2, 0.25) is 0 Å². The average Bonchev–Trinajstić information content (AvgIpc) is 2.82. The first kappa shape index (κ1) is 21.5. The van der Waals surface area contributed by atoms with Crippen molar-refractivity contribution in [3.63, 3.8) is 0 Å². The number of nitrogens with zero attached hydrogens (tertiary/aromatic N) is 2. The first-order chi connectivity index (χ1) is 12.7. The lowest BCUT2D eigenvalue weighted by Crippen LogP contribution is -2.33. The summed E-state index contributed by atoms with van der Waals surface area (Å²) in [5.41, 5.74) is 1.75. The summed E-state index contributed by atoms with van der Waals surface area (Å²) in [6.45, 7) is 14.1. The van der Waals surface area contributed by atoms with Gasteiger partial charge in [-0.2, -0.15) is 0 Å². The van der Waals surface area contributed by atoms with Gasteiger partial charge in [0, 0.05) is 5.69 Å². The molecule has 0 bridgehead atoms. The number of hydrogen-bond donors (Lipinski definition) is 0. The summed E-state index contributed by atoms with van der Waals surface area (Å²) in [5.74, 6) is -0.760. The Labute approximate surface area is 162 Å². The maximum atomic E-state index is 12.8. The largest absolute Gasteiger partial charge is 0.461 e. The van der Waals surface area contributed by atoms with E-state index in [1.54, 1.807) is 0 Å². The van der Waals surface area contributed by atoms with Crippen molar-refractivity contribution in [2.24, 2.45) is 0 Å². The van der Waals surface area contributed by atoms with Crippen LogP contribution in [0, 0.1) is 13.8 Å². The van der Waals surface area contributed by atoms with E-state index in [1.807, 2.05) is 46.1 Å². The van der Waals surface area contributed by atoms with E-state index in [4.69, 9.17) is 9.47 Å². The second kappa shape index (κ2) is 8.91. The monoisotopic (exact) mass is 378 g/mol. The van der Waals surface area contributed by atoms with Gasteiger partial charge in [-0.05, 0) is 72.5 Å². The molecule has 0 unspecified atom stereocenters. The Morgan fingerprint density at radius 2 is 1.67 bits per heavy atom. The number of hydrogen-bond acceptors (Lipinski definition) is 5. The predicted octanol–water partition coefficient (Wildman–Crippen LogP) is 4.07. The second-order valence-corrected chi connectivity index (χ2v) is 8.32. The number of aromatic nitrogens is 1. The average molecular weight is 379 g/mol. The van der Waals surface area contributed by atoms with Crippen molar-refractivity contribution in [2.45, 2.75) is 79.5 Å². The molecule has 0 saturated carbocycles. The van der Waals surface area contributed by atoms with Gasteiger partial charge in [0.1, 0.15) is 11.3 Å². The number of piperidine rings is 1. The smallest absolute Gasteiger partial charge is 0.355 e. The van der Waals surface area contributed by atoms with Crippen LogP contribution in [-0.4, -0.2) is 46.7 Å². The zero-order valence-electron chi connectivity index (χ0n) is 17.7. The summed E-state index contributed by atoms with van der Waals surface area (Å²) in [6.07, 6.45) is 4.33. The second-order valence-electron chi connectivity index (χ2n) is 8.32. The standard InChI is InChI=1S/C21H34N2O4/c1-7-13-26-20(25)18-15(2)17(19(24)27-21(4,5)6)16(3)23(18)14-22-11-9-8-10-12-22/h7-14H2,1-6H3. The van der Waals surface area contributed by atoms with Crippen LogP contribution in [0.5, 0.6) is 0 Å². The molecule has 0 N–H and O–H groups in total. The van der Waals surface area contributed by atoms with Crippen molar-refractivity contribution in [2.75, 3.05) is 19.7 Å². The molecule has 27 heavy (non-hydrogen) atoms. The van der Waals surface area contributed by atoms with Gasteiger partial charge >= 0.3 is 11.9 Å². The van der Waals surface area contributed by atoms with Crippen LogP contribution in [0.3, 0.4) is 0 Å². The third-order valence-corrected chi connectivity index (χ3v) is 4.79. The molecule has 1 aliphatic rings. The fourth-order valence-electron chi connectivity index (χ4n) is 3.53. The van der Waals surface area contributed by atoms with Crippen molar-refractivity contribution >= 4 is 11.9 Å². The molecule has 1 saturated heterocycles. The third-order valence-electron chi connectivity index (χ3n) is 4.79.